The molecule has 0 aliphatic heterocycles. The lowest BCUT2D eigenvalue weighted by molar-refractivity contribution is -0.148. The zero-order chi connectivity index (χ0) is 13.3. The van der Waals surface area contributed by atoms with Crippen LogP contribution in [0.2, 0.25) is 0 Å². The predicted octanol–water partition coefficient (Wildman–Crippen LogP) is 3.55. The lowest BCUT2D eigenvalue weighted by Gasteiger charge is -2.23. The highest BCUT2D eigenvalue weighted by Gasteiger charge is 2.43. The van der Waals surface area contributed by atoms with Crippen LogP contribution in [-0.4, -0.2) is 11.1 Å². The number of hydrogen-bond donors (Lipinski definition) is 1. The molecule has 1 heterocycles. The minimum Gasteiger partial charge on any atom is -0.481 e. The lowest BCUT2D eigenvalue weighted by atomic mass is 9.79. The van der Waals surface area contributed by atoms with Crippen molar-refractivity contribution in [2.24, 2.45) is 5.41 Å². The van der Waals surface area contributed by atoms with Crippen LogP contribution < -0.4 is 0 Å². The van der Waals surface area contributed by atoms with Gasteiger partial charge in [-0.15, -0.1) is 0 Å². The number of fused-ring (bicyclic) bond motifs is 1. The Labute approximate surface area is 116 Å². The van der Waals surface area contributed by atoms with E-state index in [2.05, 4.69) is 23.6 Å². The van der Waals surface area contributed by atoms with Gasteiger partial charge in [0.2, 0.25) is 0 Å². The summed E-state index contributed by atoms with van der Waals surface area (Å²) in [6.45, 7) is 0. The van der Waals surface area contributed by atoms with E-state index in [9.17, 15) is 9.90 Å². The zero-order valence-electron chi connectivity index (χ0n) is 10.6. The third-order valence-corrected chi connectivity index (χ3v) is 4.83. The topological polar surface area (TPSA) is 37.3 Å². The number of carboxylic acid groups (broad SMARTS) is 1. The molecular formula is C16H16O2S. The largest absolute Gasteiger partial charge is 0.481 e. The number of hydrogen-bond acceptors (Lipinski definition) is 2. The second-order valence-electron chi connectivity index (χ2n) is 5.34. The van der Waals surface area contributed by atoms with Crippen molar-refractivity contribution < 1.29 is 9.90 Å². The number of rotatable bonds is 4. The molecule has 3 rings (SSSR count). The molecule has 2 nitrogen and oxygen atoms in total. The van der Waals surface area contributed by atoms with Gasteiger partial charge in [0, 0.05) is 0 Å². The minimum atomic E-state index is -0.654. The van der Waals surface area contributed by atoms with Crippen LogP contribution in [0.1, 0.15) is 23.1 Å². The summed E-state index contributed by atoms with van der Waals surface area (Å²) in [4.78, 5) is 11.8. The van der Waals surface area contributed by atoms with Crippen molar-refractivity contribution in [3.63, 3.8) is 0 Å². The van der Waals surface area contributed by atoms with E-state index < -0.39 is 11.4 Å². The molecule has 0 atom stereocenters. The highest BCUT2D eigenvalue weighted by Crippen LogP contribution is 2.40. The Kier molecular flexibility index (Phi) is 3.15. The summed E-state index contributed by atoms with van der Waals surface area (Å²) in [7, 11) is 0. The maximum atomic E-state index is 11.8. The number of carboxylic acids is 1. The van der Waals surface area contributed by atoms with Gasteiger partial charge in [-0.2, -0.15) is 11.3 Å². The molecule has 1 N–H and O–H groups in total. The van der Waals surface area contributed by atoms with Gasteiger partial charge in [-0.25, -0.2) is 0 Å². The average molecular weight is 272 g/mol. The minimum absolute atomic E-state index is 0.606. The second-order valence-corrected chi connectivity index (χ2v) is 6.12. The standard InChI is InChI=1S/C16H16O2S/c17-15(18)16(7-5-12-6-8-19-11-12)9-13-3-1-2-4-14(13)10-16/h1-4,6,8,11H,5,7,9-10H2,(H,17,18). The van der Waals surface area contributed by atoms with E-state index >= 15 is 0 Å². The van der Waals surface area contributed by atoms with E-state index in [1.807, 2.05) is 17.5 Å². The number of benzene rings is 1. The van der Waals surface area contributed by atoms with Gasteiger partial charge < -0.3 is 5.11 Å². The number of carbonyl (C=O) groups is 1. The molecule has 0 saturated carbocycles. The highest BCUT2D eigenvalue weighted by atomic mass is 32.1. The summed E-state index contributed by atoms with van der Waals surface area (Å²) in [6.07, 6.45) is 2.91. The number of aliphatic carboxylic acids is 1. The molecule has 0 unspecified atom stereocenters. The fourth-order valence-corrected chi connectivity index (χ4v) is 3.65. The summed E-state index contributed by atoms with van der Waals surface area (Å²) in [6, 6.07) is 10.2. The van der Waals surface area contributed by atoms with Gasteiger partial charge in [0.05, 0.1) is 5.41 Å². The summed E-state index contributed by atoms with van der Waals surface area (Å²) in [5.74, 6) is -0.654. The molecule has 3 heteroatoms. The molecule has 19 heavy (non-hydrogen) atoms. The Balaban J connectivity index is 1.81. The first-order chi connectivity index (χ1) is 9.20. The van der Waals surface area contributed by atoms with E-state index in [0.717, 1.165) is 6.42 Å². The summed E-state index contributed by atoms with van der Waals surface area (Å²) >= 11 is 1.67. The second kappa shape index (κ2) is 4.82. The molecule has 0 spiro atoms. The average Bonchev–Trinajstić information content (AvgIpc) is 3.04. The quantitative estimate of drug-likeness (QED) is 0.924. The molecule has 0 bridgehead atoms. The Hall–Kier alpha value is -1.61. The lowest BCUT2D eigenvalue weighted by Crippen LogP contribution is -2.32. The van der Waals surface area contributed by atoms with Crippen molar-refractivity contribution in [1.82, 2.24) is 0 Å². The van der Waals surface area contributed by atoms with E-state index in [1.165, 1.54) is 16.7 Å². The van der Waals surface area contributed by atoms with Crippen LogP contribution in [-0.2, 0) is 24.1 Å². The van der Waals surface area contributed by atoms with E-state index in [1.54, 1.807) is 11.3 Å². The van der Waals surface area contributed by atoms with Crippen LogP contribution in [0.4, 0.5) is 0 Å². The van der Waals surface area contributed by atoms with Crippen molar-refractivity contribution in [1.29, 1.82) is 0 Å². The fourth-order valence-electron chi connectivity index (χ4n) is 2.95. The Bertz CT molecular complexity index is 562. The van der Waals surface area contributed by atoms with Gasteiger partial charge in [-0.1, -0.05) is 24.3 Å². The summed E-state index contributed by atoms with van der Waals surface area (Å²) in [5.41, 5.74) is 3.05. The first-order valence-electron chi connectivity index (χ1n) is 6.51. The molecule has 0 radical (unpaired) electrons. The molecule has 98 valence electrons. The fraction of sp³-hybridized carbons (Fsp3) is 0.312. The molecule has 0 amide bonds. The van der Waals surface area contributed by atoms with E-state index in [0.29, 0.717) is 19.3 Å². The van der Waals surface area contributed by atoms with Crippen LogP contribution in [0, 0.1) is 5.41 Å². The highest BCUT2D eigenvalue weighted by molar-refractivity contribution is 7.07. The van der Waals surface area contributed by atoms with Crippen molar-refractivity contribution in [3.8, 4) is 0 Å². The first-order valence-corrected chi connectivity index (χ1v) is 7.45. The van der Waals surface area contributed by atoms with Crippen molar-refractivity contribution in [2.45, 2.75) is 25.7 Å². The van der Waals surface area contributed by atoms with Gasteiger partial charge in [0.1, 0.15) is 0 Å². The molecule has 0 saturated heterocycles. The van der Waals surface area contributed by atoms with Gasteiger partial charge in [0.15, 0.2) is 0 Å². The van der Waals surface area contributed by atoms with Crippen LogP contribution in [0.25, 0.3) is 0 Å². The Morgan fingerprint density at radius 1 is 1.21 bits per heavy atom. The maximum Gasteiger partial charge on any atom is 0.310 e. The van der Waals surface area contributed by atoms with Crippen molar-refractivity contribution in [2.75, 3.05) is 0 Å². The zero-order valence-corrected chi connectivity index (χ0v) is 11.5. The van der Waals surface area contributed by atoms with Crippen molar-refractivity contribution in [3.05, 3.63) is 57.8 Å². The van der Waals surface area contributed by atoms with Crippen LogP contribution in [0.15, 0.2) is 41.1 Å². The van der Waals surface area contributed by atoms with Gasteiger partial charge in [0.25, 0.3) is 0 Å². The SMILES string of the molecule is O=C(O)C1(CCc2ccsc2)Cc2ccccc2C1. The van der Waals surface area contributed by atoms with Gasteiger partial charge >= 0.3 is 5.97 Å². The summed E-state index contributed by atoms with van der Waals surface area (Å²) in [5, 5.41) is 13.8. The van der Waals surface area contributed by atoms with E-state index in [4.69, 9.17) is 0 Å². The van der Waals surface area contributed by atoms with Crippen LogP contribution in [0.5, 0.6) is 0 Å². The molecule has 1 aliphatic carbocycles. The van der Waals surface area contributed by atoms with Crippen LogP contribution in [0.3, 0.4) is 0 Å². The molecule has 0 fully saturated rings. The molecule has 2 aromatic rings. The normalized spacial score (nSPS) is 16.2. The maximum absolute atomic E-state index is 11.8. The van der Waals surface area contributed by atoms with E-state index in [-0.39, 0.29) is 0 Å². The molecule has 1 aliphatic rings. The predicted molar refractivity (Wildman–Crippen MR) is 76.6 cm³/mol. The summed E-state index contributed by atoms with van der Waals surface area (Å²) < 4.78 is 0. The molecular weight excluding hydrogens is 256 g/mol. The van der Waals surface area contributed by atoms with Crippen LogP contribution >= 0.6 is 11.3 Å². The van der Waals surface area contributed by atoms with Crippen molar-refractivity contribution >= 4 is 17.3 Å². The number of aryl methyl sites for hydroxylation is 1. The van der Waals surface area contributed by atoms with Gasteiger partial charge in [-0.3, -0.25) is 4.79 Å². The Morgan fingerprint density at radius 2 is 1.89 bits per heavy atom. The third-order valence-electron chi connectivity index (χ3n) is 4.10. The molecule has 1 aromatic carbocycles. The monoisotopic (exact) mass is 272 g/mol. The number of thiophene rings is 1. The van der Waals surface area contributed by atoms with Gasteiger partial charge in [-0.05, 0) is 59.2 Å². The third kappa shape index (κ3) is 2.30. The smallest absolute Gasteiger partial charge is 0.310 e. The first kappa shape index (κ1) is 12.4. The Morgan fingerprint density at radius 3 is 2.42 bits per heavy atom. The molecule has 1 aromatic heterocycles.